The number of aryl methyl sites for hydroxylation is 2. The van der Waals surface area contributed by atoms with Crippen molar-refractivity contribution in [2.75, 3.05) is 19.7 Å². The molecule has 1 aromatic heterocycles. The van der Waals surface area contributed by atoms with Crippen molar-refractivity contribution in [3.63, 3.8) is 0 Å². The maximum Gasteiger partial charge on any atom is 0.191 e. The third-order valence-corrected chi connectivity index (χ3v) is 4.17. The number of benzene rings is 1. The second-order valence-corrected chi connectivity index (χ2v) is 6.77. The van der Waals surface area contributed by atoms with Crippen molar-refractivity contribution in [2.45, 2.75) is 46.8 Å². The number of nitrogens with one attached hydrogen (secondary N) is 2. The third-order valence-electron chi connectivity index (χ3n) is 4.17. The largest absolute Gasteiger partial charge is 0.494 e. The summed E-state index contributed by atoms with van der Waals surface area (Å²) < 4.78 is 11.1. The molecule has 6 nitrogen and oxygen atoms in total. The molecular formula is C21H31N3O3. The maximum absolute atomic E-state index is 10.7. The van der Waals surface area contributed by atoms with E-state index in [2.05, 4.69) is 21.7 Å². The van der Waals surface area contributed by atoms with Gasteiger partial charge in [-0.05, 0) is 63.9 Å². The Hall–Kier alpha value is -2.47. The van der Waals surface area contributed by atoms with Crippen LogP contribution in [0.15, 0.2) is 39.7 Å². The average molecular weight is 373 g/mol. The van der Waals surface area contributed by atoms with Crippen LogP contribution in [0.4, 0.5) is 0 Å². The monoisotopic (exact) mass is 373 g/mol. The van der Waals surface area contributed by atoms with Gasteiger partial charge in [0.1, 0.15) is 22.9 Å². The van der Waals surface area contributed by atoms with Gasteiger partial charge in [0.15, 0.2) is 5.96 Å². The van der Waals surface area contributed by atoms with Gasteiger partial charge in [-0.3, -0.25) is 0 Å². The zero-order valence-corrected chi connectivity index (χ0v) is 16.9. The number of nitrogens with zero attached hydrogens (tertiary/aromatic N) is 1. The van der Waals surface area contributed by atoms with E-state index in [1.807, 2.05) is 45.9 Å². The fourth-order valence-electron chi connectivity index (χ4n) is 2.71. The molecule has 0 saturated carbocycles. The van der Waals surface area contributed by atoms with E-state index in [4.69, 9.17) is 9.15 Å². The van der Waals surface area contributed by atoms with Crippen LogP contribution in [0.2, 0.25) is 0 Å². The fraction of sp³-hybridized carbons (Fsp3) is 0.476. The molecule has 0 fully saturated rings. The van der Waals surface area contributed by atoms with Gasteiger partial charge < -0.3 is 24.9 Å². The summed E-state index contributed by atoms with van der Waals surface area (Å²) in [5.41, 5.74) is 1.07. The summed E-state index contributed by atoms with van der Waals surface area (Å²) in [6.07, 6.45) is 0. The van der Waals surface area contributed by atoms with Crippen LogP contribution in [-0.2, 0) is 12.1 Å². The summed E-state index contributed by atoms with van der Waals surface area (Å²) in [7, 11) is 0. The Labute approximate surface area is 161 Å². The van der Waals surface area contributed by atoms with E-state index in [0.717, 1.165) is 29.2 Å². The first-order valence-electron chi connectivity index (χ1n) is 9.39. The van der Waals surface area contributed by atoms with E-state index in [0.29, 0.717) is 24.9 Å². The first-order chi connectivity index (χ1) is 12.9. The smallest absolute Gasteiger partial charge is 0.191 e. The Balaban J connectivity index is 2.02. The Morgan fingerprint density at radius 2 is 1.96 bits per heavy atom. The molecule has 1 aromatic carbocycles. The molecule has 0 aliphatic heterocycles. The summed E-state index contributed by atoms with van der Waals surface area (Å²) in [5.74, 6) is 2.86. The van der Waals surface area contributed by atoms with E-state index < -0.39 is 5.60 Å². The van der Waals surface area contributed by atoms with Crippen LogP contribution in [0.1, 0.15) is 43.4 Å². The van der Waals surface area contributed by atoms with E-state index in [-0.39, 0.29) is 6.54 Å². The van der Waals surface area contributed by atoms with Crippen LogP contribution >= 0.6 is 0 Å². The number of hydrogen-bond donors (Lipinski definition) is 3. The highest BCUT2D eigenvalue weighted by Gasteiger charge is 2.27. The summed E-state index contributed by atoms with van der Waals surface area (Å²) in [6.45, 7) is 11.8. The van der Waals surface area contributed by atoms with Gasteiger partial charge in [-0.2, -0.15) is 0 Å². The average Bonchev–Trinajstić information content (AvgIpc) is 3.07. The minimum absolute atomic E-state index is 0.286. The Bertz CT molecular complexity index is 766. The van der Waals surface area contributed by atoms with Crippen LogP contribution in [0, 0.1) is 13.8 Å². The number of guanidine groups is 1. The van der Waals surface area contributed by atoms with Gasteiger partial charge in [0.05, 0.1) is 19.7 Å². The number of furan rings is 1. The molecule has 2 aromatic rings. The van der Waals surface area contributed by atoms with Crippen molar-refractivity contribution in [3.05, 3.63) is 53.0 Å². The lowest BCUT2D eigenvalue weighted by Crippen LogP contribution is -2.44. The van der Waals surface area contributed by atoms with Crippen molar-refractivity contribution < 1.29 is 14.3 Å². The molecule has 1 heterocycles. The first-order valence-corrected chi connectivity index (χ1v) is 9.39. The molecule has 27 heavy (non-hydrogen) atoms. The SMILES string of the molecule is CCNC(=NCc1ccc(OCC)c(C)c1)NCC(C)(O)c1ccc(C)o1. The Kier molecular flexibility index (Phi) is 7.30. The van der Waals surface area contributed by atoms with Gasteiger partial charge >= 0.3 is 0 Å². The van der Waals surface area contributed by atoms with E-state index in [1.54, 1.807) is 13.0 Å². The molecule has 1 unspecified atom stereocenters. The molecule has 0 spiro atoms. The summed E-state index contributed by atoms with van der Waals surface area (Å²) in [5, 5.41) is 17.1. The van der Waals surface area contributed by atoms with Crippen molar-refractivity contribution in [3.8, 4) is 5.75 Å². The van der Waals surface area contributed by atoms with Crippen LogP contribution < -0.4 is 15.4 Å². The molecular weight excluding hydrogens is 342 g/mol. The first kappa shape index (κ1) is 20.8. The third kappa shape index (κ3) is 6.03. The van der Waals surface area contributed by atoms with Crippen molar-refractivity contribution in [1.29, 1.82) is 0 Å². The van der Waals surface area contributed by atoms with Crippen molar-refractivity contribution in [1.82, 2.24) is 10.6 Å². The van der Waals surface area contributed by atoms with Gasteiger partial charge in [0.2, 0.25) is 0 Å². The summed E-state index contributed by atoms with van der Waals surface area (Å²) >= 11 is 0. The minimum Gasteiger partial charge on any atom is -0.494 e. The Morgan fingerprint density at radius 1 is 1.19 bits per heavy atom. The van der Waals surface area contributed by atoms with Gasteiger partial charge in [-0.25, -0.2) is 4.99 Å². The molecule has 6 heteroatoms. The normalized spacial score (nSPS) is 13.9. The van der Waals surface area contributed by atoms with Crippen LogP contribution in [0.25, 0.3) is 0 Å². The lowest BCUT2D eigenvalue weighted by atomic mass is 10.0. The highest BCUT2D eigenvalue weighted by molar-refractivity contribution is 5.79. The van der Waals surface area contributed by atoms with Gasteiger partial charge in [0.25, 0.3) is 0 Å². The lowest BCUT2D eigenvalue weighted by molar-refractivity contribution is 0.0378. The molecule has 0 aliphatic rings. The number of aliphatic hydroxyl groups is 1. The van der Waals surface area contributed by atoms with Crippen LogP contribution in [0.5, 0.6) is 5.75 Å². The molecule has 148 valence electrons. The zero-order valence-electron chi connectivity index (χ0n) is 16.9. The molecule has 0 saturated heterocycles. The number of aliphatic imine (C=N–C) groups is 1. The molecule has 0 bridgehead atoms. The number of ether oxygens (including phenoxy) is 1. The quantitative estimate of drug-likeness (QED) is 0.489. The molecule has 1 atom stereocenters. The number of hydrogen-bond acceptors (Lipinski definition) is 4. The second kappa shape index (κ2) is 9.46. The maximum atomic E-state index is 10.7. The highest BCUT2D eigenvalue weighted by Crippen LogP contribution is 2.22. The van der Waals surface area contributed by atoms with Gasteiger partial charge in [0, 0.05) is 6.54 Å². The molecule has 2 rings (SSSR count). The Morgan fingerprint density at radius 3 is 2.56 bits per heavy atom. The van der Waals surface area contributed by atoms with Gasteiger partial charge in [-0.15, -0.1) is 0 Å². The topological polar surface area (TPSA) is 79.0 Å². The molecule has 0 amide bonds. The predicted octanol–water partition coefficient (Wildman–Crippen LogP) is 3.26. The summed E-state index contributed by atoms with van der Waals surface area (Å²) in [6, 6.07) is 9.72. The zero-order chi connectivity index (χ0) is 19.9. The molecule has 0 aliphatic carbocycles. The van der Waals surface area contributed by atoms with Crippen LogP contribution in [-0.4, -0.2) is 30.8 Å². The number of rotatable bonds is 8. The van der Waals surface area contributed by atoms with E-state index in [9.17, 15) is 5.11 Å². The second-order valence-electron chi connectivity index (χ2n) is 6.77. The minimum atomic E-state index is -1.12. The molecule has 0 radical (unpaired) electrons. The predicted molar refractivity (Wildman–Crippen MR) is 108 cm³/mol. The lowest BCUT2D eigenvalue weighted by Gasteiger charge is -2.22. The van der Waals surface area contributed by atoms with Gasteiger partial charge in [-0.1, -0.05) is 12.1 Å². The summed E-state index contributed by atoms with van der Waals surface area (Å²) in [4.78, 5) is 4.61. The van der Waals surface area contributed by atoms with Crippen molar-refractivity contribution >= 4 is 5.96 Å². The van der Waals surface area contributed by atoms with E-state index in [1.165, 1.54) is 0 Å². The van der Waals surface area contributed by atoms with Crippen molar-refractivity contribution in [2.24, 2.45) is 4.99 Å². The fourth-order valence-corrected chi connectivity index (χ4v) is 2.71. The highest BCUT2D eigenvalue weighted by atomic mass is 16.5. The standard InChI is InChI=1S/C21H31N3O3/c1-6-22-20(24-14-21(5,25)19-11-8-16(4)27-19)23-13-17-9-10-18(26-7-2)15(3)12-17/h8-12,25H,6-7,13-14H2,1-5H3,(H2,22,23,24). The molecule has 3 N–H and O–H groups in total. The van der Waals surface area contributed by atoms with E-state index >= 15 is 0 Å². The van der Waals surface area contributed by atoms with Crippen LogP contribution in [0.3, 0.4) is 0 Å².